The first-order chi connectivity index (χ1) is 6.75. The molecule has 1 aromatic heterocycles. The number of hydrogen-bond acceptors (Lipinski definition) is 2. The van der Waals surface area contributed by atoms with Crippen LogP contribution in [0.3, 0.4) is 0 Å². The van der Waals surface area contributed by atoms with Crippen molar-refractivity contribution in [1.29, 1.82) is 0 Å². The molecule has 0 saturated heterocycles. The lowest BCUT2D eigenvalue weighted by atomic mass is 10.0. The molecular formula is C9H8F3NO2. The van der Waals surface area contributed by atoms with Gasteiger partial charge in [-0.15, -0.1) is 0 Å². The van der Waals surface area contributed by atoms with Crippen molar-refractivity contribution in [2.75, 3.05) is 0 Å². The molecule has 1 N–H and O–H groups in total. The molecule has 0 radical (unpaired) electrons. The fraction of sp³-hybridized carbons (Fsp3) is 0.333. The first-order valence-corrected chi connectivity index (χ1v) is 4.02. The largest absolute Gasteiger partial charge is 0.478 e. The van der Waals surface area contributed by atoms with Crippen LogP contribution in [0.2, 0.25) is 0 Å². The van der Waals surface area contributed by atoms with E-state index in [4.69, 9.17) is 5.11 Å². The number of nitrogens with zero attached hydrogens (tertiary/aromatic N) is 1. The summed E-state index contributed by atoms with van der Waals surface area (Å²) in [6, 6.07) is 0. The van der Waals surface area contributed by atoms with Gasteiger partial charge in [-0.1, -0.05) is 0 Å². The Morgan fingerprint density at radius 1 is 1.33 bits per heavy atom. The van der Waals surface area contributed by atoms with E-state index in [1.165, 1.54) is 13.8 Å². The monoisotopic (exact) mass is 219 g/mol. The molecule has 0 spiro atoms. The van der Waals surface area contributed by atoms with Crippen LogP contribution in [0.4, 0.5) is 13.2 Å². The highest BCUT2D eigenvalue weighted by Gasteiger charge is 2.35. The number of aromatic carboxylic acids is 1. The van der Waals surface area contributed by atoms with E-state index in [9.17, 15) is 18.0 Å². The summed E-state index contributed by atoms with van der Waals surface area (Å²) < 4.78 is 37.1. The fourth-order valence-corrected chi connectivity index (χ4v) is 1.20. The lowest BCUT2D eigenvalue weighted by Crippen LogP contribution is -2.14. The smallest absolute Gasteiger partial charge is 0.433 e. The lowest BCUT2D eigenvalue weighted by Gasteiger charge is -2.12. The maximum atomic E-state index is 12.4. The van der Waals surface area contributed by atoms with Gasteiger partial charge in [0.1, 0.15) is 5.69 Å². The number of alkyl halides is 3. The van der Waals surface area contributed by atoms with Gasteiger partial charge in [0.25, 0.3) is 0 Å². The molecule has 0 bridgehead atoms. The number of aromatic nitrogens is 1. The topological polar surface area (TPSA) is 50.2 Å². The van der Waals surface area contributed by atoms with Gasteiger partial charge in [0, 0.05) is 6.20 Å². The highest BCUT2D eigenvalue weighted by molar-refractivity contribution is 5.89. The van der Waals surface area contributed by atoms with Crippen LogP contribution in [0.1, 0.15) is 27.2 Å². The summed E-state index contributed by atoms with van der Waals surface area (Å²) in [4.78, 5) is 13.7. The van der Waals surface area contributed by atoms with E-state index in [2.05, 4.69) is 4.98 Å². The Kier molecular flexibility index (Phi) is 2.70. The summed E-state index contributed by atoms with van der Waals surface area (Å²) in [7, 11) is 0. The van der Waals surface area contributed by atoms with E-state index >= 15 is 0 Å². The molecule has 3 nitrogen and oxygen atoms in total. The number of pyridine rings is 1. The Balaban J connectivity index is 3.41. The Labute approximate surface area is 83.6 Å². The van der Waals surface area contributed by atoms with E-state index in [-0.39, 0.29) is 16.7 Å². The van der Waals surface area contributed by atoms with Crippen molar-refractivity contribution < 1.29 is 23.1 Å². The van der Waals surface area contributed by atoms with E-state index < -0.39 is 17.8 Å². The van der Waals surface area contributed by atoms with Crippen molar-refractivity contribution >= 4 is 5.97 Å². The number of carbonyl (C=O) groups is 1. The van der Waals surface area contributed by atoms with Gasteiger partial charge in [-0.05, 0) is 25.0 Å². The van der Waals surface area contributed by atoms with E-state index in [1.807, 2.05) is 0 Å². The molecule has 15 heavy (non-hydrogen) atoms. The number of halogens is 3. The van der Waals surface area contributed by atoms with Gasteiger partial charge in [0.05, 0.1) is 5.56 Å². The summed E-state index contributed by atoms with van der Waals surface area (Å²) in [6.45, 7) is 2.54. The van der Waals surface area contributed by atoms with Crippen molar-refractivity contribution in [2.45, 2.75) is 20.0 Å². The SMILES string of the molecule is Cc1c(C(=O)O)cnc(C(F)(F)F)c1C. The molecule has 0 aliphatic rings. The van der Waals surface area contributed by atoms with E-state index in [1.54, 1.807) is 0 Å². The predicted molar refractivity (Wildman–Crippen MR) is 45.7 cm³/mol. The molecule has 0 unspecified atom stereocenters. The van der Waals surface area contributed by atoms with E-state index in [0.29, 0.717) is 0 Å². The number of rotatable bonds is 1. The minimum atomic E-state index is -4.55. The average molecular weight is 219 g/mol. The summed E-state index contributed by atoms with van der Waals surface area (Å²) >= 11 is 0. The predicted octanol–water partition coefficient (Wildman–Crippen LogP) is 2.42. The zero-order chi connectivity index (χ0) is 11.8. The van der Waals surface area contributed by atoms with Gasteiger partial charge in [-0.3, -0.25) is 4.98 Å². The van der Waals surface area contributed by atoms with Gasteiger partial charge in [-0.2, -0.15) is 13.2 Å². The number of carboxylic acids is 1. The summed E-state index contributed by atoms with van der Waals surface area (Å²) in [5.41, 5.74) is -1.31. The van der Waals surface area contributed by atoms with Crippen LogP contribution in [-0.2, 0) is 6.18 Å². The van der Waals surface area contributed by atoms with Crippen molar-refractivity contribution in [2.24, 2.45) is 0 Å². The summed E-state index contributed by atoms with van der Waals surface area (Å²) in [5, 5.41) is 8.66. The molecular weight excluding hydrogens is 211 g/mol. The Morgan fingerprint density at radius 2 is 1.87 bits per heavy atom. The Bertz CT molecular complexity index is 413. The molecule has 6 heteroatoms. The minimum absolute atomic E-state index is 0.0878. The summed E-state index contributed by atoms with van der Waals surface area (Å²) in [6.07, 6.45) is -3.82. The second-order valence-corrected chi connectivity index (χ2v) is 3.07. The van der Waals surface area contributed by atoms with Crippen LogP contribution < -0.4 is 0 Å². The molecule has 1 aromatic rings. The maximum Gasteiger partial charge on any atom is 0.433 e. The third-order valence-corrected chi connectivity index (χ3v) is 2.14. The van der Waals surface area contributed by atoms with Crippen LogP contribution in [-0.4, -0.2) is 16.1 Å². The van der Waals surface area contributed by atoms with Crippen LogP contribution in [0.25, 0.3) is 0 Å². The zero-order valence-electron chi connectivity index (χ0n) is 8.01. The number of hydrogen-bond donors (Lipinski definition) is 1. The van der Waals surface area contributed by atoms with Crippen LogP contribution in [0, 0.1) is 13.8 Å². The molecule has 0 amide bonds. The van der Waals surface area contributed by atoms with Crippen LogP contribution >= 0.6 is 0 Å². The third-order valence-electron chi connectivity index (χ3n) is 2.14. The van der Waals surface area contributed by atoms with Crippen LogP contribution in [0.15, 0.2) is 6.20 Å². The molecule has 0 saturated carbocycles. The third kappa shape index (κ3) is 2.08. The number of carboxylic acid groups (broad SMARTS) is 1. The maximum absolute atomic E-state index is 12.4. The van der Waals surface area contributed by atoms with Crippen molar-refractivity contribution in [1.82, 2.24) is 4.98 Å². The van der Waals surface area contributed by atoms with Gasteiger partial charge < -0.3 is 5.11 Å². The molecule has 1 rings (SSSR count). The van der Waals surface area contributed by atoms with Crippen molar-refractivity contribution in [3.63, 3.8) is 0 Å². The zero-order valence-corrected chi connectivity index (χ0v) is 8.01. The quantitative estimate of drug-likeness (QED) is 0.789. The molecule has 1 heterocycles. The summed E-state index contributed by atoms with van der Waals surface area (Å²) in [5.74, 6) is -1.28. The first-order valence-electron chi connectivity index (χ1n) is 4.02. The Hall–Kier alpha value is -1.59. The fourth-order valence-electron chi connectivity index (χ4n) is 1.20. The van der Waals surface area contributed by atoms with Gasteiger partial charge in [0.15, 0.2) is 0 Å². The Morgan fingerprint density at radius 3 is 2.27 bits per heavy atom. The second kappa shape index (κ2) is 3.52. The highest BCUT2D eigenvalue weighted by atomic mass is 19.4. The van der Waals surface area contributed by atoms with Gasteiger partial charge in [-0.25, -0.2) is 4.79 Å². The first kappa shape index (κ1) is 11.5. The average Bonchev–Trinajstić information content (AvgIpc) is 2.06. The normalized spacial score (nSPS) is 11.5. The van der Waals surface area contributed by atoms with Gasteiger partial charge >= 0.3 is 12.1 Å². The van der Waals surface area contributed by atoms with Crippen LogP contribution in [0.5, 0.6) is 0 Å². The van der Waals surface area contributed by atoms with Gasteiger partial charge in [0.2, 0.25) is 0 Å². The van der Waals surface area contributed by atoms with Crippen molar-refractivity contribution in [3.8, 4) is 0 Å². The molecule has 0 aliphatic carbocycles. The molecule has 0 aromatic carbocycles. The van der Waals surface area contributed by atoms with E-state index in [0.717, 1.165) is 6.20 Å². The molecule has 0 fully saturated rings. The second-order valence-electron chi connectivity index (χ2n) is 3.07. The minimum Gasteiger partial charge on any atom is -0.478 e. The molecule has 0 aliphatic heterocycles. The lowest BCUT2D eigenvalue weighted by molar-refractivity contribution is -0.141. The highest BCUT2D eigenvalue weighted by Crippen LogP contribution is 2.31. The standard InChI is InChI=1S/C9H8F3NO2/c1-4-5(2)7(9(10,11)12)13-3-6(4)8(14)15/h3H,1-2H3,(H,14,15). The van der Waals surface area contributed by atoms with Crippen molar-refractivity contribution in [3.05, 3.63) is 28.6 Å². The molecule has 82 valence electrons. The molecule has 0 atom stereocenters.